The zero-order valence-electron chi connectivity index (χ0n) is 10.1. The lowest BCUT2D eigenvalue weighted by Gasteiger charge is -2.11. The lowest BCUT2D eigenvalue weighted by atomic mass is 10.1. The summed E-state index contributed by atoms with van der Waals surface area (Å²) < 4.78 is 6.88. The lowest BCUT2D eigenvalue weighted by molar-refractivity contribution is 0.434. The van der Waals surface area contributed by atoms with Crippen LogP contribution in [-0.2, 0) is 6.42 Å². The molecule has 0 bridgehead atoms. The van der Waals surface area contributed by atoms with Crippen LogP contribution in [0.25, 0.3) is 11.0 Å². The molecule has 1 aromatic carbocycles. The van der Waals surface area contributed by atoms with Crippen molar-refractivity contribution in [3.63, 3.8) is 0 Å². The van der Waals surface area contributed by atoms with E-state index in [1.54, 1.807) is 11.3 Å². The van der Waals surface area contributed by atoms with Crippen molar-refractivity contribution in [2.45, 2.75) is 12.5 Å². The van der Waals surface area contributed by atoms with Gasteiger partial charge in [-0.2, -0.15) is 11.3 Å². The normalized spacial score (nSPS) is 12.9. The Balaban J connectivity index is 1.95. The third kappa shape index (κ3) is 2.60. The fourth-order valence-corrected chi connectivity index (χ4v) is 3.25. The molecule has 0 spiro atoms. The van der Waals surface area contributed by atoms with Crippen molar-refractivity contribution in [2.75, 3.05) is 0 Å². The molecule has 1 atom stereocenters. The van der Waals surface area contributed by atoms with E-state index in [1.807, 2.05) is 24.3 Å². The Morgan fingerprint density at radius 1 is 1.37 bits per heavy atom. The SMILES string of the molecule is NNC(Cc1ccsc1)c1cc2cccc(Br)c2o1. The van der Waals surface area contributed by atoms with E-state index >= 15 is 0 Å². The predicted molar refractivity (Wildman–Crippen MR) is 82.0 cm³/mol. The largest absolute Gasteiger partial charge is 0.458 e. The number of fused-ring (bicyclic) bond motifs is 1. The third-order valence-electron chi connectivity index (χ3n) is 3.08. The molecule has 2 aromatic heterocycles. The highest BCUT2D eigenvalue weighted by Gasteiger charge is 2.16. The van der Waals surface area contributed by atoms with Gasteiger partial charge in [-0.3, -0.25) is 5.84 Å². The van der Waals surface area contributed by atoms with E-state index in [0.717, 1.165) is 27.6 Å². The fourth-order valence-electron chi connectivity index (χ4n) is 2.11. The van der Waals surface area contributed by atoms with E-state index in [9.17, 15) is 0 Å². The van der Waals surface area contributed by atoms with Crippen molar-refractivity contribution >= 4 is 38.2 Å². The van der Waals surface area contributed by atoms with Crippen LogP contribution in [0.2, 0.25) is 0 Å². The first kappa shape index (κ1) is 12.9. The highest BCUT2D eigenvalue weighted by atomic mass is 79.9. The Bertz CT molecular complexity index is 678. The summed E-state index contributed by atoms with van der Waals surface area (Å²) >= 11 is 5.19. The van der Waals surface area contributed by atoms with Crippen LogP contribution in [0, 0.1) is 0 Å². The quantitative estimate of drug-likeness (QED) is 0.559. The molecule has 0 saturated carbocycles. The van der Waals surface area contributed by atoms with Gasteiger partial charge in [-0.25, -0.2) is 5.43 Å². The molecular weight excluding hydrogens is 324 g/mol. The Kier molecular flexibility index (Phi) is 3.70. The van der Waals surface area contributed by atoms with Crippen molar-refractivity contribution < 1.29 is 4.42 Å². The zero-order chi connectivity index (χ0) is 13.2. The molecule has 1 unspecified atom stereocenters. The number of nitrogens with one attached hydrogen (secondary N) is 1. The molecule has 3 rings (SSSR count). The number of hydrogen-bond acceptors (Lipinski definition) is 4. The molecule has 0 amide bonds. The third-order valence-corrected chi connectivity index (χ3v) is 4.44. The monoisotopic (exact) mass is 336 g/mol. The van der Waals surface area contributed by atoms with Crippen molar-refractivity contribution in [1.82, 2.24) is 5.43 Å². The smallest absolute Gasteiger partial charge is 0.148 e. The average Bonchev–Trinajstić information content (AvgIpc) is 3.05. The summed E-state index contributed by atoms with van der Waals surface area (Å²) in [4.78, 5) is 0. The van der Waals surface area contributed by atoms with Crippen LogP contribution in [0.4, 0.5) is 0 Å². The van der Waals surface area contributed by atoms with Crippen molar-refractivity contribution in [2.24, 2.45) is 5.84 Å². The first-order chi connectivity index (χ1) is 9.28. The Morgan fingerprint density at radius 2 is 2.26 bits per heavy atom. The fraction of sp³-hybridized carbons (Fsp3) is 0.143. The van der Waals surface area contributed by atoms with Gasteiger partial charge in [0.15, 0.2) is 0 Å². The molecule has 0 aliphatic heterocycles. The van der Waals surface area contributed by atoms with Crippen LogP contribution in [0.3, 0.4) is 0 Å². The van der Waals surface area contributed by atoms with E-state index in [0.29, 0.717) is 0 Å². The second-order valence-electron chi connectivity index (χ2n) is 4.36. The van der Waals surface area contributed by atoms with E-state index in [1.165, 1.54) is 5.56 Å². The van der Waals surface area contributed by atoms with Crippen molar-refractivity contribution in [3.8, 4) is 0 Å². The summed E-state index contributed by atoms with van der Waals surface area (Å²) in [5.41, 5.74) is 4.95. The van der Waals surface area contributed by atoms with E-state index < -0.39 is 0 Å². The molecule has 0 saturated heterocycles. The highest BCUT2D eigenvalue weighted by Crippen LogP contribution is 2.30. The molecule has 0 fully saturated rings. The molecule has 3 nitrogen and oxygen atoms in total. The maximum atomic E-state index is 5.91. The molecule has 19 heavy (non-hydrogen) atoms. The van der Waals surface area contributed by atoms with Gasteiger partial charge in [0.05, 0.1) is 10.5 Å². The molecule has 2 heterocycles. The minimum Gasteiger partial charge on any atom is -0.458 e. The first-order valence-corrected chi connectivity index (χ1v) is 7.66. The van der Waals surface area contributed by atoms with Crippen molar-refractivity contribution in [3.05, 3.63) is 56.9 Å². The number of para-hydroxylation sites is 1. The maximum Gasteiger partial charge on any atom is 0.148 e. The van der Waals surface area contributed by atoms with Crippen LogP contribution in [0.5, 0.6) is 0 Å². The second-order valence-corrected chi connectivity index (χ2v) is 6.00. The van der Waals surface area contributed by atoms with Gasteiger partial charge in [-0.15, -0.1) is 0 Å². The Hall–Kier alpha value is -1.14. The van der Waals surface area contributed by atoms with E-state index in [4.69, 9.17) is 10.3 Å². The molecular formula is C14H13BrN2OS. The van der Waals surface area contributed by atoms with Crippen LogP contribution in [-0.4, -0.2) is 0 Å². The lowest BCUT2D eigenvalue weighted by Crippen LogP contribution is -2.29. The first-order valence-electron chi connectivity index (χ1n) is 5.93. The summed E-state index contributed by atoms with van der Waals surface area (Å²) in [6, 6.07) is 10.1. The maximum absolute atomic E-state index is 5.91. The minimum atomic E-state index is -0.0195. The molecule has 3 aromatic rings. The summed E-state index contributed by atoms with van der Waals surface area (Å²) in [5.74, 6) is 6.52. The number of hydrogen-bond donors (Lipinski definition) is 2. The second kappa shape index (κ2) is 5.46. The van der Waals surface area contributed by atoms with Gasteiger partial charge < -0.3 is 4.42 Å². The number of hydrazine groups is 1. The Morgan fingerprint density at radius 3 is 2.95 bits per heavy atom. The average molecular weight is 337 g/mol. The van der Waals surface area contributed by atoms with Crippen LogP contribution in [0.1, 0.15) is 17.4 Å². The van der Waals surface area contributed by atoms with Crippen LogP contribution in [0.15, 0.2) is 50.0 Å². The molecule has 0 aliphatic carbocycles. The molecule has 98 valence electrons. The van der Waals surface area contributed by atoms with Gasteiger partial charge in [0.2, 0.25) is 0 Å². The number of benzene rings is 1. The number of furan rings is 1. The number of thiophene rings is 1. The van der Waals surface area contributed by atoms with E-state index in [2.05, 4.69) is 38.2 Å². The topological polar surface area (TPSA) is 51.2 Å². The number of halogens is 1. The summed E-state index contributed by atoms with van der Waals surface area (Å²) in [5, 5.41) is 5.27. The standard InChI is InChI=1S/C14H13BrN2OS/c15-11-3-1-2-10-7-13(18-14(10)11)12(17-16)6-9-4-5-19-8-9/h1-5,7-8,12,17H,6,16H2. The number of rotatable bonds is 4. The molecule has 3 N–H and O–H groups in total. The van der Waals surface area contributed by atoms with Crippen LogP contribution < -0.4 is 11.3 Å². The number of nitrogens with two attached hydrogens (primary N) is 1. The Labute approximate surface area is 123 Å². The van der Waals surface area contributed by atoms with Gasteiger partial charge in [0.1, 0.15) is 11.3 Å². The minimum absolute atomic E-state index is 0.0195. The van der Waals surface area contributed by atoms with E-state index in [-0.39, 0.29) is 6.04 Å². The summed E-state index contributed by atoms with van der Waals surface area (Å²) in [6.45, 7) is 0. The molecule has 0 aliphatic rings. The van der Waals surface area contributed by atoms with Gasteiger partial charge in [0, 0.05) is 5.39 Å². The summed E-state index contributed by atoms with van der Waals surface area (Å²) in [6.07, 6.45) is 0.817. The van der Waals surface area contributed by atoms with Gasteiger partial charge >= 0.3 is 0 Å². The van der Waals surface area contributed by atoms with Gasteiger partial charge in [-0.05, 0) is 56.9 Å². The highest BCUT2D eigenvalue weighted by molar-refractivity contribution is 9.10. The summed E-state index contributed by atoms with van der Waals surface area (Å²) in [7, 11) is 0. The van der Waals surface area contributed by atoms with Gasteiger partial charge in [0.25, 0.3) is 0 Å². The van der Waals surface area contributed by atoms with Crippen LogP contribution >= 0.6 is 27.3 Å². The zero-order valence-corrected chi connectivity index (χ0v) is 12.5. The van der Waals surface area contributed by atoms with Crippen molar-refractivity contribution in [1.29, 1.82) is 0 Å². The molecule has 5 heteroatoms. The molecule has 0 radical (unpaired) electrons. The van der Waals surface area contributed by atoms with Gasteiger partial charge in [-0.1, -0.05) is 12.1 Å². The predicted octanol–water partition coefficient (Wildman–Crippen LogP) is 4.00.